The second-order valence-electron chi connectivity index (χ2n) is 6.42. The average molecular weight is 427 g/mol. The van der Waals surface area contributed by atoms with Gasteiger partial charge in [-0.15, -0.1) is 12.4 Å². The summed E-state index contributed by atoms with van der Waals surface area (Å²) < 4.78 is 34.5. The first-order valence-electron chi connectivity index (χ1n) is 8.59. The Bertz CT molecular complexity index is 918. The smallest absolute Gasteiger partial charge is 0.253 e. The van der Waals surface area contributed by atoms with Crippen molar-refractivity contribution in [2.75, 3.05) is 18.1 Å². The van der Waals surface area contributed by atoms with Crippen molar-refractivity contribution in [3.05, 3.63) is 48.5 Å². The van der Waals surface area contributed by atoms with Crippen molar-refractivity contribution in [1.82, 2.24) is 0 Å². The van der Waals surface area contributed by atoms with E-state index in [2.05, 4.69) is 5.32 Å². The van der Waals surface area contributed by atoms with Crippen LogP contribution in [0, 0.1) is 0 Å². The maximum absolute atomic E-state index is 12.2. The highest BCUT2D eigenvalue weighted by Gasteiger charge is 2.29. The Kier molecular flexibility index (Phi) is 7.42. The largest absolute Gasteiger partial charge is 0.457 e. The van der Waals surface area contributed by atoms with Gasteiger partial charge in [0.2, 0.25) is 0 Å². The molecule has 1 saturated heterocycles. The number of ether oxygens (including phenoxy) is 2. The first-order valence-corrected chi connectivity index (χ1v) is 10.5. The summed E-state index contributed by atoms with van der Waals surface area (Å²) >= 11 is 0. The third-order valence-electron chi connectivity index (χ3n) is 4.25. The fourth-order valence-electron chi connectivity index (χ4n) is 2.81. The number of nitrogens with two attached hydrogens (primary N) is 1. The van der Waals surface area contributed by atoms with Gasteiger partial charge in [-0.1, -0.05) is 6.07 Å². The van der Waals surface area contributed by atoms with Crippen molar-refractivity contribution in [3.8, 4) is 11.5 Å². The van der Waals surface area contributed by atoms with E-state index in [4.69, 9.17) is 15.2 Å². The predicted molar refractivity (Wildman–Crippen MR) is 109 cm³/mol. The molecule has 1 amide bonds. The second-order valence-corrected chi connectivity index (χ2v) is 8.44. The van der Waals surface area contributed by atoms with E-state index in [9.17, 15) is 13.2 Å². The Morgan fingerprint density at radius 3 is 2.50 bits per heavy atom. The lowest BCUT2D eigenvalue weighted by Crippen LogP contribution is -2.29. The van der Waals surface area contributed by atoms with Crippen LogP contribution in [0.25, 0.3) is 0 Å². The molecule has 0 unspecified atom stereocenters. The summed E-state index contributed by atoms with van der Waals surface area (Å²) in [7, 11) is -3.30. The van der Waals surface area contributed by atoms with Crippen LogP contribution in [-0.2, 0) is 19.4 Å². The first-order chi connectivity index (χ1) is 12.8. The number of rotatable bonds is 6. The molecule has 0 radical (unpaired) electrons. The number of hydrogen-bond donors (Lipinski definition) is 2. The summed E-state index contributed by atoms with van der Waals surface area (Å²) in [4.78, 5) is 12.4. The molecule has 7 nitrogen and oxygen atoms in total. The Morgan fingerprint density at radius 2 is 1.89 bits per heavy atom. The normalized spacial score (nSPS) is 18.9. The number of anilines is 1. The van der Waals surface area contributed by atoms with Crippen LogP contribution in [0.1, 0.15) is 12.8 Å². The van der Waals surface area contributed by atoms with Crippen LogP contribution < -0.4 is 15.8 Å². The van der Waals surface area contributed by atoms with Crippen molar-refractivity contribution >= 4 is 33.8 Å². The molecule has 0 aliphatic carbocycles. The molecule has 0 bridgehead atoms. The summed E-state index contributed by atoms with van der Waals surface area (Å²) in [5.74, 6) is 0.751. The van der Waals surface area contributed by atoms with E-state index in [1.165, 1.54) is 12.1 Å². The van der Waals surface area contributed by atoms with Gasteiger partial charge in [0.1, 0.15) is 17.6 Å². The zero-order valence-corrected chi connectivity index (χ0v) is 17.0. The molecule has 1 aliphatic rings. The summed E-state index contributed by atoms with van der Waals surface area (Å²) in [6.07, 6.45) is 2.06. The number of halogens is 1. The van der Waals surface area contributed by atoms with E-state index in [0.717, 1.165) is 12.7 Å². The zero-order chi connectivity index (χ0) is 19.4. The number of carbonyl (C=O) groups is 1. The van der Waals surface area contributed by atoms with E-state index >= 15 is 0 Å². The molecule has 1 aliphatic heterocycles. The van der Waals surface area contributed by atoms with Crippen LogP contribution in [0.2, 0.25) is 0 Å². The van der Waals surface area contributed by atoms with Crippen molar-refractivity contribution < 1.29 is 22.7 Å². The van der Waals surface area contributed by atoms with Crippen LogP contribution in [0.15, 0.2) is 53.4 Å². The molecule has 28 heavy (non-hydrogen) atoms. The van der Waals surface area contributed by atoms with Gasteiger partial charge in [-0.2, -0.15) is 0 Å². The minimum atomic E-state index is -3.30. The topological polar surface area (TPSA) is 108 Å². The van der Waals surface area contributed by atoms with Crippen molar-refractivity contribution in [2.45, 2.75) is 29.9 Å². The van der Waals surface area contributed by atoms with Crippen molar-refractivity contribution in [1.29, 1.82) is 0 Å². The molecule has 3 rings (SSSR count). The van der Waals surface area contributed by atoms with Gasteiger partial charge in [0.05, 0.1) is 11.0 Å². The number of nitrogens with one attached hydrogen (secondary N) is 1. The lowest BCUT2D eigenvalue weighted by molar-refractivity contribution is -0.126. The van der Waals surface area contributed by atoms with Gasteiger partial charge in [0, 0.05) is 18.5 Å². The van der Waals surface area contributed by atoms with Crippen LogP contribution in [-0.4, -0.2) is 39.3 Å². The van der Waals surface area contributed by atoms with E-state index in [1.807, 2.05) is 0 Å². The Labute approximate surface area is 170 Å². The van der Waals surface area contributed by atoms with Crippen LogP contribution in [0.4, 0.5) is 5.69 Å². The first kappa shape index (κ1) is 22.2. The molecule has 2 aromatic rings. The molecule has 2 atom stereocenters. The van der Waals surface area contributed by atoms with Gasteiger partial charge in [-0.25, -0.2) is 8.42 Å². The van der Waals surface area contributed by atoms with Gasteiger partial charge in [-0.05, 0) is 55.3 Å². The average Bonchev–Trinajstić information content (AvgIpc) is 3.12. The summed E-state index contributed by atoms with van der Waals surface area (Å²) in [6.45, 7) is 0.413. The quantitative estimate of drug-likeness (QED) is 0.735. The lowest BCUT2D eigenvalue weighted by Gasteiger charge is -2.13. The third kappa shape index (κ3) is 5.68. The van der Waals surface area contributed by atoms with Crippen LogP contribution in [0.5, 0.6) is 11.5 Å². The molecule has 2 aromatic carbocycles. The van der Waals surface area contributed by atoms with Crippen LogP contribution >= 0.6 is 12.4 Å². The summed E-state index contributed by atoms with van der Waals surface area (Å²) in [5, 5.41) is 2.81. The standard InChI is InChI=1S/C19H22N2O5S.ClH/c1-27(23,24)17-4-2-3-15(11-17)25-14-7-5-13(6-8-14)21-19(22)18-10-9-16(12-20)26-18;/h2-8,11,16,18H,9-10,12,20H2,1H3,(H,21,22);1H/t16-,18+;/m1./s1. The maximum Gasteiger partial charge on any atom is 0.253 e. The fourth-order valence-corrected chi connectivity index (χ4v) is 3.46. The van der Waals surface area contributed by atoms with Gasteiger partial charge >= 0.3 is 0 Å². The molecule has 0 saturated carbocycles. The van der Waals surface area contributed by atoms with Gasteiger partial charge in [-0.3, -0.25) is 4.79 Å². The minimum absolute atomic E-state index is 0. The predicted octanol–water partition coefficient (Wildman–Crippen LogP) is 2.75. The van der Waals surface area contributed by atoms with E-state index in [-0.39, 0.29) is 29.3 Å². The maximum atomic E-state index is 12.2. The minimum Gasteiger partial charge on any atom is -0.457 e. The number of benzene rings is 2. The van der Waals surface area contributed by atoms with E-state index in [1.54, 1.807) is 36.4 Å². The second kappa shape index (κ2) is 9.38. The molecule has 3 N–H and O–H groups in total. The number of amides is 1. The Hall–Kier alpha value is -2.13. The van der Waals surface area contributed by atoms with E-state index in [0.29, 0.717) is 30.2 Å². The summed E-state index contributed by atoms with van der Waals surface area (Å²) in [5.41, 5.74) is 6.18. The molecule has 9 heteroatoms. The lowest BCUT2D eigenvalue weighted by atomic mass is 10.2. The molecular weight excluding hydrogens is 404 g/mol. The molecule has 0 spiro atoms. The van der Waals surface area contributed by atoms with Gasteiger partial charge in [0.25, 0.3) is 5.91 Å². The van der Waals surface area contributed by atoms with Crippen molar-refractivity contribution in [2.24, 2.45) is 5.73 Å². The van der Waals surface area contributed by atoms with Crippen molar-refractivity contribution in [3.63, 3.8) is 0 Å². The zero-order valence-electron chi connectivity index (χ0n) is 15.3. The van der Waals surface area contributed by atoms with Gasteiger partial charge < -0.3 is 20.5 Å². The monoisotopic (exact) mass is 426 g/mol. The molecule has 1 fully saturated rings. The molecule has 0 aromatic heterocycles. The highest BCUT2D eigenvalue weighted by atomic mass is 35.5. The Balaban J connectivity index is 0.00000280. The third-order valence-corrected chi connectivity index (χ3v) is 5.36. The number of carbonyl (C=O) groups excluding carboxylic acids is 1. The van der Waals surface area contributed by atoms with Crippen LogP contribution in [0.3, 0.4) is 0 Å². The number of sulfone groups is 1. The van der Waals surface area contributed by atoms with Gasteiger partial charge in [0.15, 0.2) is 9.84 Å². The number of hydrogen-bond acceptors (Lipinski definition) is 6. The Morgan fingerprint density at radius 1 is 1.18 bits per heavy atom. The highest BCUT2D eigenvalue weighted by Crippen LogP contribution is 2.26. The molecular formula is C19H23ClN2O5S. The fraction of sp³-hybridized carbons (Fsp3) is 0.316. The highest BCUT2D eigenvalue weighted by molar-refractivity contribution is 7.90. The summed E-state index contributed by atoms with van der Waals surface area (Å²) in [6, 6.07) is 13.1. The SMILES string of the molecule is CS(=O)(=O)c1cccc(Oc2ccc(NC(=O)[C@@H]3CC[C@H](CN)O3)cc2)c1.Cl. The molecule has 152 valence electrons. The molecule has 1 heterocycles. The van der Waals surface area contributed by atoms with E-state index < -0.39 is 15.9 Å².